The molecular weight excluding hydrogens is 226 g/mol. The number of para-hydroxylation sites is 1. The van der Waals surface area contributed by atoms with E-state index in [9.17, 15) is 0 Å². The van der Waals surface area contributed by atoms with Gasteiger partial charge in [-0.05, 0) is 19.9 Å². The van der Waals surface area contributed by atoms with Crippen molar-refractivity contribution in [3.63, 3.8) is 0 Å². The zero-order valence-corrected chi connectivity index (χ0v) is 10.4. The number of benzene rings is 1. The maximum absolute atomic E-state index is 5.92. The summed E-state index contributed by atoms with van der Waals surface area (Å²) in [6.07, 6.45) is 2.02. The normalized spacial score (nSPS) is 12.3. The van der Waals surface area contributed by atoms with E-state index in [2.05, 4.69) is 35.8 Å². The molecule has 78 valence electrons. The first kappa shape index (κ1) is 10.7. The van der Waals surface area contributed by atoms with Crippen LogP contribution in [0.2, 0.25) is 0 Å². The van der Waals surface area contributed by atoms with Crippen molar-refractivity contribution in [3.05, 3.63) is 34.3 Å². The van der Waals surface area contributed by atoms with E-state index in [1.807, 2.05) is 13.0 Å². The van der Waals surface area contributed by atoms with Gasteiger partial charge in [0.2, 0.25) is 5.52 Å². The Hall–Kier alpha value is -0.860. The second-order valence-electron chi connectivity index (χ2n) is 3.38. The summed E-state index contributed by atoms with van der Waals surface area (Å²) in [5.41, 5.74) is 1.29. The zero-order valence-electron chi connectivity index (χ0n) is 8.83. The number of aromatic nitrogens is 1. The van der Waals surface area contributed by atoms with E-state index in [-0.39, 0.29) is 0 Å². The van der Waals surface area contributed by atoms with E-state index in [4.69, 9.17) is 11.6 Å². The maximum Gasteiger partial charge on any atom is 0.263 e. The Morgan fingerprint density at radius 1 is 1.47 bits per heavy atom. The predicted octanol–water partition coefficient (Wildman–Crippen LogP) is 3.81. The van der Waals surface area contributed by atoms with Gasteiger partial charge in [0, 0.05) is 17.2 Å². The minimum Gasteiger partial charge on any atom is -0.182 e. The van der Waals surface area contributed by atoms with Gasteiger partial charge in [0.1, 0.15) is 11.2 Å². The highest BCUT2D eigenvalue weighted by atomic mass is 35.5. The van der Waals surface area contributed by atoms with Gasteiger partial charge in [0.15, 0.2) is 0 Å². The highest BCUT2D eigenvalue weighted by Crippen LogP contribution is 2.22. The Morgan fingerprint density at radius 3 is 2.87 bits per heavy atom. The fourth-order valence-corrected chi connectivity index (χ4v) is 3.05. The van der Waals surface area contributed by atoms with E-state index in [0.717, 1.165) is 11.6 Å². The molecule has 0 amide bonds. The lowest BCUT2D eigenvalue weighted by atomic mass is 10.3. The fourth-order valence-electron chi connectivity index (χ4n) is 1.66. The third-order valence-corrected chi connectivity index (χ3v) is 3.50. The van der Waals surface area contributed by atoms with Gasteiger partial charge in [-0.1, -0.05) is 35.1 Å². The molecule has 0 saturated heterocycles. The topological polar surface area (TPSA) is 3.88 Å². The number of fused-ring (bicyclic) bond motifs is 1. The number of hydrogen-bond donors (Lipinski definition) is 0. The van der Waals surface area contributed by atoms with Crippen LogP contribution >= 0.6 is 22.9 Å². The number of nitrogens with zero attached hydrogens (tertiary/aromatic N) is 1. The predicted molar refractivity (Wildman–Crippen MR) is 67.2 cm³/mol. The molecule has 1 heterocycles. The first-order valence-electron chi connectivity index (χ1n) is 4.97. The molecular formula is C12H13ClNS+. The lowest BCUT2D eigenvalue weighted by Gasteiger charge is -1.90. The molecule has 0 aliphatic carbocycles. The fraction of sp³-hybridized carbons (Fsp3) is 0.250. The van der Waals surface area contributed by atoms with Gasteiger partial charge in [-0.3, -0.25) is 0 Å². The van der Waals surface area contributed by atoms with Crippen molar-refractivity contribution in [1.82, 2.24) is 0 Å². The van der Waals surface area contributed by atoms with Crippen molar-refractivity contribution in [2.45, 2.75) is 20.4 Å². The molecule has 0 fully saturated rings. The Kier molecular flexibility index (Phi) is 3.08. The van der Waals surface area contributed by atoms with E-state index >= 15 is 0 Å². The van der Waals surface area contributed by atoms with Gasteiger partial charge in [-0.15, -0.1) is 0 Å². The highest BCUT2D eigenvalue weighted by Gasteiger charge is 2.16. The van der Waals surface area contributed by atoms with Crippen molar-refractivity contribution in [1.29, 1.82) is 0 Å². The monoisotopic (exact) mass is 238 g/mol. The molecule has 1 nitrogen and oxygen atoms in total. The second-order valence-corrected chi connectivity index (χ2v) is 5.04. The molecule has 2 aromatic rings. The quantitative estimate of drug-likeness (QED) is 0.701. The summed E-state index contributed by atoms with van der Waals surface area (Å²) in [4.78, 5) is 0. The number of rotatable bonds is 2. The van der Waals surface area contributed by atoms with Gasteiger partial charge < -0.3 is 0 Å². The van der Waals surface area contributed by atoms with Gasteiger partial charge in [0.05, 0.1) is 0 Å². The molecule has 0 N–H and O–H groups in total. The van der Waals surface area contributed by atoms with Crippen LogP contribution in [0.3, 0.4) is 0 Å². The standard InChI is InChI=1S/C12H13ClNS/c1-3-14-10-6-4-5-7-11(10)15-12(14)8-9(2)13/h4-8H,3H2,1-2H3/q+1. The molecule has 0 aliphatic heterocycles. The molecule has 0 radical (unpaired) electrons. The Balaban J connectivity index is 2.69. The Bertz CT molecular complexity index is 509. The number of hydrogen-bond acceptors (Lipinski definition) is 1. The van der Waals surface area contributed by atoms with Crippen molar-refractivity contribution in [2.75, 3.05) is 0 Å². The van der Waals surface area contributed by atoms with Gasteiger partial charge in [-0.25, -0.2) is 0 Å². The molecule has 0 unspecified atom stereocenters. The smallest absolute Gasteiger partial charge is 0.182 e. The minimum absolute atomic E-state index is 0.823. The van der Waals surface area contributed by atoms with E-state index in [1.54, 1.807) is 11.3 Å². The summed E-state index contributed by atoms with van der Waals surface area (Å²) in [6.45, 7) is 5.03. The van der Waals surface area contributed by atoms with E-state index < -0.39 is 0 Å². The highest BCUT2D eigenvalue weighted by molar-refractivity contribution is 7.18. The first-order chi connectivity index (χ1) is 7.22. The SMILES string of the molecule is CC[n+]1c(C=C(C)Cl)sc2ccccc21. The number of thiazole rings is 1. The molecule has 0 spiro atoms. The number of allylic oxidation sites excluding steroid dienone is 1. The lowest BCUT2D eigenvalue weighted by molar-refractivity contribution is -0.665. The number of aryl methyl sites for hydroxylation is 1. The molecule has 15 heavy (non-hydrogen) atoms. The van der Waals surface area contributed by atoms with Crippen LogP contribution in [0, 0.1) is 0 Å². The largest absolute Gasteiger partial charge is 0.263 e. The summed E-state index contributed by atoms with van der Waals surface area (Å²) in [5.74, 6) is 0. The van der Waals surface area contributed by atoms with Crippen molar-refractivity contribution < 1.29 is 4.57 Å². The minimum atomic E-state index is 0.823. The van der Waals surface area contributed by atoms with E-state index in [1.165, 1.54) is 15.2 Å². The lowest BCUT2D eigenvalue weighted by Crippen LogP contribution is -2.33. The van der Waals surface area contributed by atoms with Crippen LogP contribution in [0.5, 0.6) is 0 Å². The van der Waals surface area contributed by atoms with Gasteiger partial charge in [0.25, 0.3) is 5.01 Å². The zero-order chi connectivity index (χ0) is 10.8. The molecule has 0 bridgehead atoms. The van der Waals surface area contributed by atoms with Crippen molar-refractivity contribution >= 4 is 39.2 Å². The molecule has 2 rings (SSSR count). The summed E-state index contributed by atoms with van der Waals surface area (Å²) < 4.78 is 3.59. The summed E-state index contributed by atoms with van der Waals surface area (Å²) >= 11 is 7.70. The molecule has 1 aromatic carbocycles. The first-order valence-corrected chi connectivity index (χ1v) is 6.17. The third-order valence-electron chi connectivity index (χ3n) is 2.28. The molecule has 0 aliphatic rings. The molecule has 3 heteroatoms. The second kappa shape index (κ2) is 4.33. The van der Waals surface area contributed by atoms with Gasteiger partial charge >= 0.3 is 0 Å². The van der Waals surface area contributed by atoms with Crippen LogP contribution < -0.4 is 4.57 Å². The third kappa shape index (κ3) is 2.06. The average Bonchev–Trinajstić information content (AvgIpc) is 2.53. The summed E-state index contributed by atoms with van der Waals surface area (Å²) in [6, 6.07) is 8.44. The average molecular weight is 239 g/mol. The van der Waals surface area contributed by atoms with Crippen molar-refractivity contribution in [2.24, 2.45) is 0 Å². The van der Waals surface area contributed by atoms with Crippen LogP contribution in [0.1, 0.15) is 18.9 Å². The summed E-state index contributed by atoms with van der Waals surface area (Å²) in [7, 11) is 0. The van der Waals surface area contributed by atoms with Crippen molar-refractivity contribution in [3.8, 4) is 0 Å². The Morgan fingerprint density at radius 2 is 2.20 bits per heavy atom. The Labute approximate surface area is 98.6 Å². The number of halogens is 1. The molecule has 1 aromatic heterocycles. The van der Waals surface area contributed by atoms with Gasteiger partial charge in [-0.2, -0.15) is 4.57 Å². The molecule has 0 saturated carbocycles. The van der Waals surface area contributed by atoms with Crippen LogP contribution in [-0.2, 0) is 6.54 Å². The molecule has 0 atom stereocenters. The van der Waals surface area contributed by atoms with Crippen LogP contribution in [0.4, 0.5) is 0 Å². The van der Waals surface area contributed by atoms with Crippen LogP contribution in [-0.4, -0.2) is 0 Å². The van der Waals surface area contributed by atoms with Crippen LogP contribution in [0.25, 0.3) is 16.3 Å². The maximum atomic E-state index is 5.92. The summed E-state index contributed by atoms with van der Waals surface area (Å²) in [5, 5.41) is 2.04. The van der Waals surface area contributed by atoms with Crippen LogP contribution in [0.15, 0.2) is 29.3 Å². The van der Waals surface area contributed by atoms with E-state index in [0.29, 0.717) is 0 Å².